The summed E-state index contributed by atoms with van der Waals surface area (Å²) in [5.41, 5.74) is 4.28. The average Bonchev–Trinajstić information content (AvgIpc) is 2.36. The molecule has 2 unspecified atom stereocenters. The van der Waals surface area contributed by atoms with Gasteiger partial charge >= 0.3 is 0 Å². The number of rotatable bonds is 5. The van der Waals surface area contributed by atoms with Gasteiger partial charge in [0.05, 0.1) is 0 Å². The minimum absolute atomic E-state index is 0.357. The lowest BCUT2D eigenvalue weighted by molar-refractivity contribution is -0.00320. The van der Waals surface area contributed by atoms with Crippen molar-refractivity contribution in [3.05, 3.63) is 12.2 Å². The summed E-state index contributed by atoms with van der Waals surface area (Å²) in [4.78, 5) is 5.12. The number of nitrogens with one attached hydrogen (secondary N) is 1. The van der Waals surface area contributed by atoms with Gasteiger partial charge in [0.1, 0.15) is 0 Å². The molecule has 0 radical (unpaired) electrons. The molecule has 0 aromatic heterocycles. The summed E-state index contributed by atoms with van der Waals surface area (Å²) in [5, 5.41) is 0. The molecule has 3 fully saturated rings. The van der Waals surface area contributed by atoms with E-state index in [-0.39, 0.29) is 0 Å². The summed E-state index contributed by atoms with van der Waals surface area (Å²) in [5.74, 6) is 5.70. The van der Waals surface area contributed by atoms with Crippen molar-refractivity contribution in [3.63, 3.8) is 0 Å². The van der Waals surface area contributed by atoms with Crippen molar-refractivity contribution in [2.24, 2.45) is 5.84 Å². The molecule has 0 spiro atoms. The molecular formula is C12H24N4. The standard InChI is InChI=1S/C12H24N4/c1-3-10(2)8-11(14-13)12-9-15-4-6-16(12)7-5-15/h11-12,14H,2-9,13H2,1H3. The van der Waals surface area contributed by atoms with Crippen LogP contribution in [0.25, 0.3) is 0 Å². The Hall–Kier alpha value is -0.420. The topological polar surface area (TPSA) is 44.5 Å². The van der Waals surface area contributed by atoms with Crippen LogP contribution in [0.5, 0.6) is 0 Å². The first-order valence-corrected chi connectivity index (χ1v) is 6.33. The Morgan fingerprint density at radius 2 is 2.12 bits per heavy atom. The third-order valence-corrected chi connectivity index (χ3v) is 4.01. The molecule has 4 heteroatoms. The van der Waals surface area contributed by atoms with Gasteiger partial charge in [0, 0.05) is 44.8 Å². The Morgan fingerprint density at radius 1 is 1.44 bits per heavy atom. The minimum Gasteiger partial charge on any atom is -0.299 e. The lowest BCUT2D eigenvalue weighted by atomic mass is 9.94. The van der Waals surface area contributed by atoms with Gasteiger partial charge in [-0.15, -0.1) is 0 Å². The van der Waals surface area contributed by atoms with E-state index in [1.807, 2.05) is 0 Å². The Kier molecular flexibility index (Phi) is 3.97. The molecule has 92 valence electrons. The van der Waals surface area contributed by atoms with Gasteiger partial charge in [0.25, 0.3) is 0 Å². The third kappa shape index (κ3) is 2.46. The molecule has 0 amide bonds. The third-order valence-electron chi connectivity index (χ3n) is 4.01. The highest BCUT2D eigenvalue weighted by Gasteiger charge is 2.36. The van der Waals surface area contributed by atoms with Gasteiger partial charge in [-0.05, 0) is 12.8 Å². The lowest BCUT2D eigenvalue weighted by Crippen LogP contribution is -2.67. The molecule has 3 saturated heterocycles. The Balaban J connectivity index is 1.96. The first-order valence-electron chi connectivity index (χ1n) is 6.33. The predicted molar refractivity (Wildman–Crippen MR) is 67.0 cm³/mol. The number of nitrogens with zero attached hydrogens (tertiary/aromatic N) is 2. The molecule has 3 N–H and O–H groups in total. The van der Waals surface area contributed by atoms with Crippen LogP contribution in [0.3, 0.4) is 0 Å². The molecular weight excluding hydrogens is 200 g/mol. The fourth-order valence-corrected chi connectivity index (χ4v) is 2.80. The van der Waals surface area contributed by atoms with Crippen LogP contribution >= 0.6 is 0 Å². The van der Waals surface area contributed by atoms with Gasteiger partial charge in [0.2, 0.25) is 0 Å². The maximum Gasteiger partial charge on any atom is 0.0415 e. The van der Waals surface area contributed by atoms with Crippen LogP contribution in [0.1, 0.15) is 19.8 Å². The van der Waals surface area contributed by atoms with Crippen LogP contribution in [-0.4, -0.2) is 54.6 Å². The second kappa shape index (κ2) is 5.27. The summed E-state index contributed by atoms with van der Waals surface area (Å²) < 4.78 is 0. The maximum absolute atomic E-state index is 5.70. The molecule has 2 bridgehead atoms. The summed E-state index contributed by atoms with van der Waals surface area (Å²) >= 11 is 0. The smallest absolute Gasteiger partial charge is 0.0415 e. The summed E-state index contributed by atoms with van der Waals surface area (Å²) in [7, 11) is 0. The summed E-state index contributed by atoms with van der Waals surface area (Å²) in [6.45, 7) is 12.2. The number of hydrogen-bond acceptors (Lipinski definition) is 4. The number of piperazine rings is 3. The van der Waals surface area contributed by atoms with Crippen molar-refractivity contribution in [2.45, 2.75) is 31.8 Å². The summed E-state index contributed by atoms with van der Waals surface area (Å²) in [6.07, 6.45) is 2.05. The van der Waals surface area contributed by atoms with E-state index in [0.717, 1.165) is 19.4 Å². The van der Waals surface area contributed by atoms with Crippen molar-refractivity contribution in [3.8, 4) is 0 Å². The Labute approximate surface area is 98.4 Å². The molecule has 16 heavy (non-hydrogen) atoms. The molecule has 3 aliphatic rings. The van der Waals surface area contributed by atoms with E-state index in [1.165, 1.54) is 31.8 Å². The molecule has 0 aliphatic carbocycles. The van der Waals surface area contributed by atoms with Gasteiger partial charge in [-0.3, -0.25) is 21.1 Å². The quantitative estimate of drug-likeness (QED) is 0.397. The molecule has 0 saturated carbocycles. The molecule has 3 aliphatic heterocycles. The van der Waals surface area contributed by atoms with Crippen molar-refractivity contribution >= 4 is 0 Å². The first kappa shape index (κ1) is 12.0. The number of hydrazine groups is 1. The number of hydrogen-bond donors (Lipinski definition) is 2. The Bertz CT molecular complexity index is 245. The van der Waals surface area contributed by atoms with E-state index >= 15 is 0 Å². The molecule has 4 nitrogen and oxygen atoms in total. The van der Waals surface area contributed by atoms with Crippen molar-refractivity contribution in [1.29, 1.82) is 0 Å². The fraction of sp³-hybridized carbons (Fsp3) is 0.833. The highest BCUT2D eigenvalue weighted by molar-refractivity contribution is 5.02. The number of fused-ring (bicyclic) bond motifs is 3. The van der Waals surface area contributed by atoms with Gasteiger partial charge in [-0.1, -0.05) is 19.1 Å². The van der Waals surface area contributed by atoms with Gasteiger partial charge in [-0.25, -0.2) is 0 Å². The lowest BCUT2D eigenvalue weighted by Gasteiger charge is -2.50. The van der Waals surface area contributed by atoms with Crippen LogP contribution < -0.4 is 11.3 Å². The number of nitrogens with two attached hydrogens (primary N) is 1. The molecule has 3 rings (SSSR count). The van der Waals surface area contributed by atoms with Crippen molar-refractivity contribution in [1.82, 2.24) is 15.2 Å². The summed E-state index contributed by atoms with van der Waals surface area (Å²) in [6, 6.07) is 0.923. The second-order valence-corrected chi connectivity index (χ2v) is 4.98. The SMILES string of the molecule is C=C(CC)CC(NN)C1CN2CCN1CC2. The molecule has 0 aromatic carbocycles. The van der Waals surface area contributed by atoms with Crippen LogP contribution in [0.4, 0.5) is 0 Å². The monoisotopic (exact) mass is 224 g/mol. The van der Waals surface area contributed by atoms with Crippen molar-refractivity contribution < 1.29 is 0 Å². The van der Waals surface area contributed by atoms with E-state index in [9.17, 15) is 0 Å². The van der Waals surface area contributed by atoms with Crippen LogP contribution in [0, 0.1) is 0 Å². The zero-order valence-corrected chi connectivity index (χ0v) is 10.3. The zero-order chi connectivity index (χ0) is 11.5. The molecule has 0 aromatic rings. The highest BCUT2D eigenvalue weighted by atomic mass is 15.4. The van der Waals surface area contributed by atoms with E-state index < -0.39 is 0 Å². The highest BCUT2D eigenvalue weighted by Crippen LogP contribution is 2.21. The second-order valence-electron chi connectivity index (χ2n) is 4.98. The minimum atomic E-state index is 0.357. The first-order chi connectivity index (χ1) is 7.74. The van der Waals surface area contributed by atoms with Gasteiger partial charge < -0.3 is 0 Å². The van der Waals surface area contributed by atoms with Gasteiger partial charge in [-0.2, -0.15) is 0 Å². The van der Waals surface area contributed by atoms with Crippen LogP contribution in [0.2, 0.25) is 0 Å². The van der Waals surface area contributed by atoms with E-state index in [2.05, 4.69) is 28.7 Å². The fourth-order valence-electron chi connectivity index (χ4n) is 2.80. The normalized spacial score (nSPS) is 35.0. The largest absolute Gasteiger partial charge is 0.299 e. The average molecular weight is 224 g/mol. The predicted octanol–water partition coefficient (Wildman–Crippen LogP) is 0.174. The van der Waals surface area contributed by atoms with Gasteiger partial charge in [0.15, 0.2) is 0 Å². The van der Waals surface area contributed by atoms with Crippen molar-refractivity contribution in [2.75, 3.05) is 32.7 Å². The van der Waals surface area contributed by atoms with E-state index in [1.54, 1.807) is 0 Å². The van der Waals surface area contributed by atoms with E-state index in [0.29, 0.717) is 12.1 Å². The molecule has 3 heterocycles. The van der Waals surface area contributed by atoms with Crippen LogP contribution in [0.15, 0.2) is 12.2 Å². The maximum atomic E-state index is 5.70. The zero-order valence-electron chi connectivity index (χ0n) is 10.3. The van der Waals surface area contributed by atoms with E-state index in [4.69, 9.17) is 5.84 Å². The Morgan fingerprint density at radius 3 is 2.56 bits per heavy atom. The van der Waals surface area contributed by atoms with Crippen LogP contribution in [-0.2, 0) is 0 Å². The molecule has 2 atom stereocenters.